The maximum Gasteiger partial charge on any atom is 0.252 e. The molecule has 0 fully saturated rings. The number of sulfonamides is 1. The third kappa shape index (κ3) is 6.75. The Morgan fingerprint density at radius 3 is 2.25 bits per heavy atom. The van der Waals surface area contributed by atoms with Gasteiger partial charge in [0.2, 0.25) is 10.0 Å². The average Bonchev–Trinajstić information content (AvgIpc) is 2.14. The highest BCUT2D eigenvalue weighted by Crippen LogP contribution is 2.11. The fraction of sp³-hybridized carbons (Fsp3) is 1.00. The van der Waals surface area contributed by atoms with Crippen LogP contribution in [-0.4, -0.2) is 43.3 Å². The van der Waals surface area contributed by atoms with Crippen LogP contribution < -0.4 is 0 Å². The molecule has 3 nitrogen and oxygen atoms in total. The summed E-state index contributed by atoms with van der Waals surface area (Å²) in [6, 6.07) is 0. The quantitative estimate of drug-likeness (QED) is 0.643. The Labute approximate surface area is 104 Å². The van der Waals surface area contributed by atoms with Gasteiger partial charge in [-0.2, -0.15) is 4.31 Å². The van der Waals surface area contributed by atoms with Gasteiger partial charge in [-0.1, -0.05) is 29.8 Å². The van der Waals surface area contributed by atoms with E-state index in [0.717, 1.165) is 4.31 Å². The highest BCUT2D eigenvalue weighted by molar-refractivity contribution is 9.09. The van der Waals surface area contributed by atoms with Gasteiger partial charge in [0.15, 0.2) is 0 Å². The molecule has 0 rings (SSSR count). The van der Waals surface area contributed by atoms with Crippen LogP contribution in [0.3, 0.4) is 0 Å². The van der Waals surface area contributed by atoms with Crippen LogP contribution in [0.15, 0.2) is 0 Å². The summed E-state index contributed by atoms with van der Waals surface area (Å²) in [6.45, 7) is 3.17. The molecule has 16 heavy (non-hydrogen) atoms. The summed E-state index contributed by atoms with van der Waals surface area (Å²) >= 11 is 3.06. The molecule has 0 saturated heterocycles. The summed E-state index contributed by atoms with van der Waals surface area (Å²) in [5.74, 6) is 0.178. The van der Waals surface area contributed by atoms with Crippen molar-refractivity contribution in [1.82, 2.24) is 4.31 Å². The molecule has 0 radical (unpaired) electrons. The van der Waals surface area contributed by atoms with E-state index in [4.69, 9.17) is 0 Å². The third-order valence-corrected chi connectivity index (χ3v) is 4.25. The van der Waals surface area contributed by atoms with E-state index in [1.54, 1.807) is 0 Å². The van der Waals surface area contributed by atoms with E-state index in [1.165, 1.54) is 0 Å². The predicted octanol–water partition coefficient (Wildman–Crippen LogP) is 2.32. The summed E-state index contributed by atoms with van der Waals surface area (Å²) in [5.41, 5.74) is 0. The Hall–Kier alpha value is 0.250. The molecule has 0 heterocycles. The minimum atomic E-state index is -3.55. The lowest BCUT2D eigenvalue weighted by molar-refractivity contribution is 0.121. The molecule has 0 aliphatic carbocycles. The van der Waals surface area contributed by atoms with Crippen molar-refractivity contribution in [3.8, 4) is 0 Å². The van der Waals surface area contributed by atoms with Crippen molar-refractivity contribution in [3.63, 3.8) is 0 Å². The Bertz CT molecular complexity index is 283. The molecule has 0 spiro atoms. The standard InChI is InChI=1S/C9H18BrF2NO2S/c1-8(2)3-6-16(14,15)13(5-4-10)7-9(11)12/h8-9H,3-7H2,1-2H3. The molecule has 0 saturated carbocycles. The van der Waals surface area contributed by atoms with Crippen molar-refractivity contribution in [2.75, 3.05) is 24.2 Å². The molecule has 0 bridgehead atoms. The minimum Gasteiger partial charge on any atom is -0.212 e. The van der Waals surface area contributed by atoms with Gasteiger partial charge in [-0.15, -0.1) is 0 Å². The highest BCUT2D eigenvalue weighted by atomic mass is 79.9. The first-order chi connectivity index (χ1) is 7.29. The van der Waals surface area contributed by atoms with Crippen molar-refractivity contribution < 1.29 is 17.2 Å². The van der Waals surface area contributed by atoms with E-state index >= 15 is 0 Å². The maximum atomic E-state index is 12.2. The summed E-state index contributed by atoms with van der Waals surface area (Å²) in [6.07, 6.45) is -2.14. The molecule has 0 unspecified atom stereocenters. The van der Waals surface area contributed by atoms with Gasteiger partial charge in [0.1, 0.15) is 0 Å². The van der Waals surface area contributed by atoms with Gasteiger partial charge in [0.05, 0.1) is 12.3 Å². The van der Waals surface area contributed by atoms with E-state index < -0.39 is 23.0 Å². The van der Waals surface area contributed by atoms with Gasteiger partial charge < -0.3 is 0 Å². The average molecular weight is 322 g/mol. The zero-order chi connectivity index (χ0) is 12.8. The molecular weight excluding hydrogens is 304 g/mol. The Morgan fingerprint density at radius 1 is 1.31 bits per heavy atom. The van der Waals surface area contributed by atoms with E-state index in [-0.39, 0.29) is 18.2 Å². The number of hydrogen-bond donors (Lipinski definition) is 0. The van der Waals surface area contributed by atoms with Crippen molar-refractivity contribution in [2.45, 2.75) is 26.7 Å². The SMILES string of the molecule is CC(C)CCS(=O)(=O)N(CCBr)CC(F)F. The van der Waals surface area contributed by atoms with Gasteiger partial charge in [-0.25, -0.2) is 17.2 Å². The van der Waals surface area contributed by atoms with Crippen LogP contribution in [0.1, 0.15) is 20.3 Å². The number of rotatable bonds is 8. The normalized spacial score (nSPS) is 13.0. The lowest BCUT2D eigenvalue weighted by Gasteiger charge is -2.21. The molecule has 0 aromatic rings. The van der Waals surface area contributed by atoms with Gasteiger partial charge in [-0.3, -0.25) is 0 Å². The second kappa shape index (κ2) is 7.55. The number of alkyl halides is 3. The third-order valence-electron chi connectivity index (χ3n) is 2.02. The van der Waals surface area contributed by atoms with Crippen LogP contribution in [-0.2, 0) is 10.0 Å². The zero-order valence-electron chi connectivity index (χ0n) is 9.50. The molecule has 0 aliphatic rings. The fourth-order valence-electron chi connectivity index (χ4n) is 1.11. The second-order valence-corrected chi connectivity index (χ2v) is 6.82. The molecule has 0 atom stereocenters. The van der Waals surface area contributed by atoms with Crippen LogP contribution in [0.25, 0.3) is 0 Å². The smallest absolute Gasteiger partial charge is 0.212 e. The first-order valence-corrected chi connectivity index (χ1v) is 7.84. The van der Waals surface area contributed by atoms with Crippen molar-refractivity contribution >= 4 is 26.0 Å². The summed E-state index contributed by atoms with van der Waals surface area (Å²) < 4.78 is 48.8. The predicted molar refractivity (Wildman–Crippen MR) is 64.6 cm³/mol. The van der Waals surface area contributed by atoms with Gasteiger partial charge in [0.25, 0.3) is 6.43 Å². The molecule has 7 heteroatoms. The number of hydrogen-bond acceptors (Lipinski definition) is 2. The summed E-state index contributed by atoms with van der Waals surface area (Å²) in [4.78, 5) is 0. The molecule has 0 N–H and O–H groups in total. The van der Waals surface area contributed by atoms with E-state index in [2.05, 4.69) is 15.9 Å². The second-order valence-electron chi connectivity index (χ2n) is 3.94. The van der Waals surface area contributed by atoms with E-state index in [9.17, 15) is 17.2 Å². The van der Waals surface area contributed by atoms with Gasteiger partial charge in [-0.05, 0) is 12.3 Å². The molecule has 0 amide bonds. The van der Waals surface area contributed by atoms with Crippen molar-refractivity contribution in [2.24, 2.45) is 5.92 Å². The van der Waals surface area contributed by atoms with Gasteiger partial charge in [0, 0.05) is 11.9 Å². The van der Waals surface area contributed by atoms with Crippen molar-refractivity contribution in [1.29, 1.82) is 0 Å². The lowest BCUT2D eigenvalue weighted by atomic mass is 10.2. The largest absolute Gasteiger partial charge is 0.252 e. The molecular formula is C9H18BrF2NO2S. The van der Waals surface area contributed by atoms with Gasteiger partial charge >= 0.3 is 0 Å². The first-order valence-electron chi connectivity index (χ1n) is 5.11. The number of nitrogens with zero attached hydrogens (tertiary/aromatic N) is 1. The Morgan fingerprint density at radius 2 is 1.88 bits per heavy atom. The topological polar surface area (TPSA) is 37.4 Å². The monoisotopic (exact) mass is 321 g/mol. The van der Waals surface area contributed by atoms with Crippen LogP contribution in [0.5, 0.6) is 0 Å². The van der Waals surface area contributed by atoms with Crippen molar-refractivity contribution in [3.05, 3.63) is 0 Å². The zero-order valence-corrected chi connectivity index (χ0v) is 11.9. The molecule has 0 aromatic carbocycles. The Balaban J connectivity index is 4.49. The molecule has 0 aromatic heterocycles. The summed E-state index contributed by atoms with van der Waals surface area (Å²) in [5, 5.41) is 0.362. The lowest BCUT2D eigenvalue weighted by Crippen LogP contribution is -2.38. The number of halogens is 3. The maximum absolute atomic E-state index is 12.2. The Kier molecular flexibility index (Phi) is 7.67. The van der Waals surface area contributed by atoms with Crippen LogP contribution in [0.4, 0.5) is 8.78 Å². The summed E-state index contributed by atoms with van der Waals surface area (Å²) in [7, 11) is -3.55. The fourth-order valence-corrected chi connectivity index (χ4v) is 3.51. The van der Waals surface area contributed by atoms with E-state index in [0.29, 0.717) is 11.8 Å². The first kappa shape index (κ1) is 16.2. The van der Waals surface area contributed by atoms with Crippen LogP contribution >= 0.6 is 15.9 Å². The highest BCUT2D eigenvalue weighted by Gasteiger charge is 2.24. The van der Waals surface area contributed by atoms with E-state index in [1.807, 2.05) is 13.8 Å². The van der Waals surface area contributed by atoms with Crippen LogP contribution in [0.2, 0.25) is 0 Å². The minimum absolute atomic E-state index is 0.0651. The molecule has 98 valence electrons. The molecule has 0 aliphatic heterocycles. The van der Waals surface area contributed by atoms with Crippen LogP contribution in [0, 0.1) is 5.92 Å².